The molecule has 2 aliphatic rings. The first-order chi connectivity index (χ1) is 8.46. The summed E-state index contributed by atoms with van der Waals surface area (Å²) in [7, 11) is 0. The minimum atomic E-state index is -0.0144. The molecule has 2 saturated heterocycles. The highest BCUT2D eigenvalue weighted by Gasteiger charge is 2.35. The van der Waals surface area contributed by atoms with Crippen molar-refractivity contribution < 1.29 is 9.53 Å². The highest BCUT2D eigenvalue weighted by atomic mass is 16.5. The third-order valence-corrected chi connectivity index (χ3v) is 3.82. The van der Waals surface area contributed by atoms with Crippen molar-refractivity contribution in [1.82, 2.24) is 10.2 Å². The van der Waals surface area contributed by atoms with E-state index in [0.29, 0.717) is 12.5 Å². The molecule has 2 unspecified atom stereocenters. The Balaban J connectivity index is 1.83. The van der Waals surface area contributed by atoms with Gasteiger partial charge in [0.05, 0.1) is 6.61 Å². The van der Waals surface area contributed by atoms with Gasteiger partial charge in [0.25, 0.3) is 0 Å². The van der Waals surface area contributed by atoms with Crippen molar-refractivity contribution in [3.8, 4) is 0 Å². The lowest BCUT2D eigenvalue weighted by Crippen LogP contribution is -2.48. The van der Waals surface area contributed by atoms with Crippen LogP contribution in [0.4, 0.5) is 0 Å². The van der Waals surface area contributed by atoms with Crippen molar-refractivity contribution in [2.75, 3.05) is 26.2 Å². The average Bonchev–Trinajstić information content (AvgIpc) is 2.72. The van der Waals surface area contributed by atoms with Crippen LogP contribution in [0.25, 0.3) is 0 Å². The number of nitrogens with zero attached hydrogens (tertiary/aromatic N) is 1. The second kappa shape index (κ2) is 5.57. The maximum atomic E-state index is 11.6. The van der Waals surface area contributed by atoms with Crippen molar-refractivity contribution in [2.24, 2.45) is 5.92 Å². The average molecular weight is 254 g/mol. The fourth-order valence-electron chi connectivity index (χ4n) is 2.81. The third kappa shape index (κ3) is 3.69. The lowest BCUT2D eigenvalue weighted by Gasteiger charge is -2.36. The van der Waals surface area contributed by atoms with Crippen LogP contribution in [0.5, 0.6) is 0 Å². The van der Waals surface area contributed by atoms with E-state index in [1.54, 1.807) is 0 Å². The summed E-state index contributed by atoms with van der Waals surface area (Å²) in [6, 6.07) is 0.0300. The van der Waals surface area contributed by atoms with Gasteiger partial charge in [0, 0.05) is 18.5 Å². The van der Waals surface area contributed by atoms with Crippen LogP contribution >= 0.6 is 0 Å². The Morgan fingerprint density at radius 3 is 2.78 bits per heavy atom. The van der Waals surface area contributed by atoms with Crippen LogP contribution in [-0.4, -0.2) is 48.7 Å². The van der Waals surface area contributed by atoms with Gasteiger partial charge in [-0.3, -0.25) is 9.69 Å². The molecule has 2 fully saturated rings. The standard InChI is InChI=1S/C14H26N2O2/c1-14(2,3)15-9-11-5-4-7-16(10-11)12-6-8-18-13(12)17/h11-12,15H,4-10H2,1-3H3. The molecule has 0 amide bonds. The van der Waals surface area contributed by atoms with E-state index < -0.39 is 0 Å². The second-order valence-corrected chi connectivity index (χ2v) is 6.61. The first-order valence-corrected chi connectivity index (χ1v) is 7.11. The molecular weight excluding hydrogens is 228 g/mol. The van der Waals surface area contributed by atoms with E-state index in [4.69, 9.17) is 4.74 Å². The minimum absolute atomic E-state index is 0.0144. The van der Waals surface area contributed by atoms with Gasteiger partial charge < -0.3 is 10.1 Å². The van der Waals surface area contributed by atoms with Crippen LogP contribution in [0.2, 0.25) is 0 Å². The maximum absolute atomic E-state index is 11.6. The molecule has 1 N–H and O–H groups in total. The molecule has 0 aromatic heterocycles. The molecule has 0 spiro atoms. The van der Waals surface area contributed by atoms with Gasteiger partial charge in [-0.25, -0.2) is 0 Å². The van der Waals surface area contributed by atoms with E-state index in [9.17, 15) is 4.79 Å². The molecule has 0 aromatic rings. The van der Waals surface area contributed by atoms with Crippen molar-refractivity contribution in [2.45, 2.75) is 51.6 Å². The van der Waals surface area contributed by atoms with Crippen LogP contribution in [0, 0.1) is 5.92 Å². The number of rotatable bonds is 3. The van der Waals surface area contributed by atoms with E-state index in [2.05, 4.69) is 31.0 Å². The highest BCUT2D eigenvalue weighted by molar-refractivity contribution is 5.77. The quantitative estimate of drug-likeness (QED) is 0.773. The summed E-state index contributed by atoms with van der Waals surface area (Å²) >= 11 is 0. The Bertz CT molecular complexity index is 299. The summed E-state index contributed by atoms with van der Waals surface area (Å²) in [5, 5.41) is 3.57. The predicted octanol–water partition coefficient (Wildman–Crippen LogP) is 1.40. The topological polar surface area (TPSA) is 41.6 Å². The number of cyclic esters (lactones) is 1. The van der Waals surface area contributed by atoms with Gasteiger partial charge in [0.1, 0.15) is 6.04 Å². The molecule has 0 radical (unpaired) electrons. The number of hydrogen-bond acceptors (Lipinski definition) is 4. The van der Waals surface area contributed by atoms with Crippen LogP contribution in [-0.2, 0) is 9.53 Å². The molecular formula is C14H26N2O2. The molecule has 104 valence electrons. The summed E-state index contributed by atoms with van der Waals surface area (Å²) in [6.07, 6.45) is 3.33. The van der Waals surface area contributed by atoms with Crippen molar-refractivity contribution >= 4 is 5.97 Å². The van der Waals surface area contributed by atoms with Crippen molar-refractivity contribution in [3.63, 3.8) is 0 Å². The Kier molecular flexibility index (Phi) is 4.28. The van der Waals surface area contributed by atoms with E-state index in [-0.39, 0.29) is 17.6 Å². The van der Waals surface area contributed by atoms with Gasteiger partial charge in [-0.05, 0) is 52.6 Å². The largest absolute Gasteiger partial charge is 0.464 e. The fraction of sp³-hybridized carbons (Fsp3) is 0.929. The summed E-state index contributed by atoms with van der Waals surface area (Å²) in [5.74, 6) is 0.644. The smallest absolute Gasteiger partial charge is 0.323 e. The van der Waals surface area contributed by atoms with E-state index in [1.165, 1.54) is 12.8 Å². The van der Waals surface area contributed by atoms with Crippen molar-refractivity contribution in [1.29, 1.82) is 0 Å². The number of hydrogen-bond donors (Lipinski definition) is 1. The predicted molar refractivity (Wildman–Crippen MR) is 71.4 cm³/mol. The van der Waals surface area contributed by atoms with Gasteiger partial charge >= 0.3 is 5.97 Å². The first kappa shape index (κ1) is 13.8. The number of likely N-dealkylation sites (tertiary alicyclic amines) is 1. The molecule has 18 heavy (non-hydrogen) atoms. The van der Waals surface area contributed by atoms with Crippen LogP contribution in [0.1, 0.15) is 40.0 Å². The molecule has 2 atom stereocenters. The van der Waals surface area contributed by atoms with Crippen LogP contribution in [0.15, 0.2) is 0 Å². The molecule has 4 nitrogen and oxygen atoms in total. The molecule has 0 bridgehead atoms. The zero-order valence-electron chi connectivity index (χ0n) is 11.9. The third-order valence-electron chi connectivity index (χ3n) is 3.82. The summed E-state index contributed by atoms with van der Waals surface area (Å²) in [5.41, 5.74) is 0.175. The zero-order chi connectivity index (χ0) is 13.2. The molecule has 0 aliphatic carbocycles. The molecule has 2 heterocycles. The molecule has 4 heteroatoms. The fourth-order valence-corrected chi connectivity index (χ4v) is 2.81. The summed E-state index contributed by atoms with van der Waals surface area (Å²) < 4.78 is 5.07. The molecule has 2 aliphatic heterocycles. The lowest BCUT2D eigenvalue weighted by molar-refractivity contribution is -0.142. The number of piperidine rings is 1. The van der Waals surface area contributed by atoms with E-state index in [1.807, 2.05) is 0 Å². The summed E-state index contributed by atoms with van der Waals surface area (Å²) in [6.45, 7) is 10.3. The Labute approximate surface area is 110 Å². The minimum Gasteiger partial charge on any atom is -0.464 e. The first-order valence-electron chi connectivity index (χ1n) is 7.11. The van der Waals surface area contributed by atoms with Crippen molar-refractivity contribution in [3.05, 3.63) is 0 Å². The van der Waals surface area contributed by atoms with E-state index >= 15 is 0 Å². The number of nitrogens with one attached hydrogen (secondary N) is 1. The Morgan fingerprint density at radius 2 is 2.17 bits per heavy atom. The number of carbonyl (C=O) groups is 1. The monoisotopic (exact) mass is 254 g/mol. The summed E-state index contributed by atoms with van der Waals surface area (Å²) in [4.78, 5) is 13.9. The van der Waals surface area contributed by atoms with Gasteiger partial charge in [-0.2, -0.15) is 0 Å². The van der Waals surface area contributed by atoms with Crippen LogP contribution < -0.4 is 5.32 Å². The molecule has 0 saturated carbocycles. The second-order valence-electron chi connectivity index (χ2n) is 6.61. The normalized spacial score (nSPS) is 30.5. The highest BCUT2D eigenvalue weighted by Crippen LogP contribution is 2.22. The van der Waals surface area contributed by atoms with Gasteiger partial charge in [-0.15, -0.1) is 0 Å². The SMILES string of the molecule is CC(C)(C)NCC1CCCN(C2CCOC2=O)C1. The lowest BCUT2D eigenvalue weighted by atomic mass is 9.95. The zero-order valence-corrected chi connectivity index (χ0v) is 11.9. The molecule has 0 aromatic carbocycles. The van der Waals surface area contributed by atoms with E-state index in [0.717, 1.165) is 26.1 Å². The Morgan fingerprint density at radius 1 is 1.39 bits per heavy atom. The Hall–Kier alpha value is -0.610. The number of ether oxygens (including phenoxy) is 1. The van der Waals surface area contributed by atoms with Crippen LogP contribution in [0.3, 0.4) is 0 Å². The van der Waals surface area contributed by atoms with Gasteiger partial charge in [-0.1, -0.05) is 0 Å². The van der Waals surface area contributed by atoms with Gasteiger partial charge in [0.15, 0.2) is 0 Å². The maximum Gasteiger partial charge on any atom is 0.323 e. The van der Waals surface area contributed by atoms with Gasteiger partial charge in [0.2, 0.25) is 0 Å². The number of carbonyl (C=O) groups excluding carboxylic acids is 1. The molecule has 2 rings (SSSR count). The number of esters is 1.